The molecule has 1 N–H and O–H groups in total. The van der Waals surface area contributed by atoms with Gasteiger partial charge in [0.1, 0.15) is 15.8 Å². The number of pyridine rings is 1. The molecule has 8 nitrogen and oxygen atoms in total. The number of amides is 1. The van der Waals surface area contributed by atoms with E-state index in [9.17, 15) is 4.79 Å². The lowest BCUT2D eigenvalue weighted by Crippen LogP contribution is -2.39. The summed E-state index contributed by atoms with van der Waals surface area (Å²) in [4.78, 5) is 19.7. The van der Waals surface area contributed by atoms with Crippen LogP contribution in [0.4, 0.5) is 5.82 Å². The van der Waals surface area contributed by atoms with Crippen molar-refractivity contribution in [2.24, 2.45) is 0 Å². The summed E-state index contributed by atoms with van der Waals surface area (Å²) in [6.07, 6.45) is 7.35. The van der Waals surface area contributed by atoms with E-state index in [0.29, 0.717) is 23.5 Å². The average molecular weight is 462 g/mol. The predicted octanol–water partition coefficient (Wildman–Crippen LogP) is 4.56. The van der Waals surface area contributed by atoms with E-state index in [1.165, 1.54) is 0 Å². The molecule has 0 radical (unpaired) electrons. The van der Waals surface area contributed by atoms with E-state index < -0.39 is 0 Å². The molecule has 1 aliphatic heterocycles. The maximum atomic E-state index is 12.8. The summed E-state index contributed by atoms with van der Waals surface area (Å²) < 4.78 is 1.94. The SMILES string of the molecule is Cc1nnc(-c2ccc3cnc(NC(=O)c4cnn(C5CCN(C(C)C)CC5)c4)cc3c2)s1. The number of hydrogen-bond acceptors (Lipinski definition) is 7. The van der Waals surface area contributed by atoms with E-state index in [-0.39, 0.29) is 5.91 Å². The zero-order valence-electron chi connectivity index (χ0n) is 19.0. The van der Waals surface area contributed by atoms with Crippen LogP contribution >= 0.6 is 11.3 Å². The number of nitrogens with one attached hydrogen (secondary N) is 1. The van der Waals surface area contributed by atoms with Gasteiger partial charge in [-0.1, -0.05) is 23.5 Å². The second kappa shape index (κ2) is 8.99. The normalized spacial score (nSPS) is 15.4. The maximum Gasteiger partial charge on any atom is 0.260 e. The van der Waals surface area contributed by atoms with E-state index >= 15 is 0 Å². The van der Waals surface area contributed by atoms with E-state index in [4.69, 9.17) is 0 Å². The van der Waals surface area contributed by atoms with E-state index in [2.05, 4.69) is 44.3 Å². The number of aryl methyl sites for hydroxylation is 1. The van der Waals surface area contributed by atoms with Gasteiger partial charge in [-0.15, -0.1) is 10.2 Å². The molecule has 1 aliphatic rings. The van der Waals surface area contributed by atoms with Crippen LogP contribution in [-0.4, -0.2) is 54.9 Å². The Labute approximate surface area is 196 Å². The van der Waals surface area contributed by atoms with Gasteiger partial charge >= 0.3 is 0 Å². The molecule has 4 heterocycles. The molecule has 1 amide bonds. The first kappa shape index (κ1) is 21.7. The summed E-state index contributed by atoms with van der Waals surface area (Å²) in [6.45, 7) is 8.52. The lowest BCUT2D eigenvalue weighted by atomic mass is 10.0. The summed E-state index contributed by atoms with van der Waals surface area (Å²) in [5.74, 6) is 0.305. The number of aromatic nitrogens is 5. The van der Waals surface area contributed by atoms with Crippen molar-refractivity contribution in [3.63, 3.8) is 0 Å². The first-order valence-electron chi connectivity index (χ1n) is 11.3. The summed E-state index contributed by atoms with van der Waals surface area (Å²) in [7, 11) is 0. The third-order valence-electron chi connectivity index (χ3n) is 6.20. The smallest absolute Gasteiger partial charge is 0.260 e. The Morgan fingerprint density at radius 2 is 1.94 bits per heavy atom. The largest absolute Gasteiger partial charge is 0.306 e. The summed E-state index contributed by atoms with van der Waals surface area (Å²) in [5.41, 5.74) is 1.54. The van der Waals surface area contributed by atoms with Crippen LogP contribution in [-0.2, 0) is 0 Å². The number of carbonyl (C=O) groups excluding carboxylic acids is 1. The molecule has 1 saturated heterocycles. The van der Waals surface area contributed by atoms with E-state index in [0.717, 1.165) is 52.3 Å². The Morgan fingerprint density at radius 1 is 1.12 bits per heavy atom. The molecule has 1 fully saturated rings. The van der Waals surface area contributed by atoms with Gasteiger partial charge in [-0.05, 0) is 51.1 Å². The molecule has 170 valence electrons. The number of fused-ring (bicyclic) bond motifs is 1. The predicted molar refractivity (Wildman–Crippen MR) is 131 cm³/mol. The number of anilines is 1. The van der Waals surface area contributed by atoms with Crippen LogP contribution < -0.4 is 5.32 Å². The Balaban J connectivity index is 1.29. The van der Waals surface area contributed by atoms with Crippen molar-refractivity contribution in [3.05, 3.63) is 53.4 Å². The molecule has 5 rings (SSSR count). The van der Waals surface area contributed by atoms with Crippen LogP contribution in [0.3, 0.4) is 0 Å². The fraction of sp³-hybridized carbons (Fsp3) is 0.375. The van der Waals surface area contributed by atoms with Crippen molar-refractivity contribution in [2.75, 3.05) is 18.4 Å². The highest BCUT2D eigenvalue weighted by molar-refractivity contribution is 7.14. The summed E-state index contributed by atoms with van der Waals surface area (Å²) in [6, 6.07) is 8.86. The number of likely N-dealkylation sites (tertiary alicyclic amines) is 1. The topological polar surface area (TPSA) is 88.8 Å². The molecule has 4 aromatic rings. The molecule has 0 aliphatic carbocycles. The number of carbonyl (C=O) groups is 1. The first-order chi connectivity index (χ1) is 16.0. The van der Waals surface area contributed by atoms with Gasteiger partial charge in [0.15, 0.2) is 0 Å². The van der Waals surface area contributed by atoms with E-state index in [1.807, 2.05) is 42.1 Å². The highest BCUT2D eigenvalue weighted by Crippen LogP contribution is 2.28. The minimum absolute atomic E-state index is 0.205. The molecule has 0 saturated carbocycles. The van der Waals surface area contributed by atoms with Crippen LogP contribution in [0.5, 0.6) is 0 Å². The highest BCUT2D eigenvalue weighted by Gasteiger charge is 2.23. The van der Waals surface area contributed by atoms with Gasteiger partial charge in [0.2, 0.25) is 0 Å². The minimum Gasteiger partial charge on any atom is -0.306 e. The first-order valence-corrected chi connectivity index (χ1v) is 12.1. The quantitative estimate of drug-likeness (QED) is 0.469. The molecule has 0 spiro atoms. The molecule has 0 atom stereocenters. The van der Waals surface area contributed by atoms with Gasteiger partial charge in [-0.2, -0.15) is 5.10 Å². The van der Waals surface area contributed by atoms with Gasteiger partial charge in [0.05, 0.1) is 17.8 Å². The average Bonchev–Trinajstić information content (AvgIpc) is 3.48. The highest BCUT2D eigenvalue weighted by atomic mass is 32.1. The Kier molecular flexibility index (Phi) is 5.90. The second-order valence-electron chi connectivity index (χ2n) is 8.78. The third kappa shape index (κ3) is 4.65. The van der Waals surface area contributed by atoms with Crippen LogP contribution in [0.2, 0.25) is 0 Å². The van der Waals surface area contributed by atoms with Crippen LogP contribution in [0.1, 0.15) is 48.1 Å². The van der Waals surface area contributed by atoms with Crippen LogP contribution in [0, 0.1) is 6.92 Å². The van der Waals surface area contributed by atoms with Crippen molar-refractivity contribution < 1.29 is 4.79 Å². The van der Waals surface area contributed by atoms with Crippen molar-refractivity contribution in [3.8, 4) is 10.6 Å². The molecular formula is C24H27N7OS. The lowest BCUT2D eigenvalue weighted by molar-refractivity contribution is 0.102. The Hall–Kier alpha value is -3.17. The van der Waals surface area contributed by atoms with Crippen molar-refractivity contribution in [1.29, 1.82) is 0 Å². The minimum atomic E-state index is -0.205. The fourth-order valence-corrected chi connectivity index (χ4v) is 4.95. The molecule has 9 heteroatoms. The van der Waals surface area contributed by atoms with Gasteiger partial charge in [0, 0.05) is 42.5 Å². The monoisotopic (exact) mass is 461 g/mol. The number of hydrogen-bond donors (Lipinski definition) is 1. The zero-order chi connectivity index (χ0) is 22.9. The van der Waals surface area contributed by atoms with Gasteiger partial charge < -0.3 is 10.2 Å². The Bertz CT molecular complexity index is 1290. The number of rotatable bonds is 5. The molecule has 1 aromatic carbocycles. The summed E-state index contributed by atoms with van der Waals surface area (Å²) in [5, 5.41) is 19.5. The molecular weight excluding hydrogens is 434 g/mol. The third-order valence-corrected chi connectivity index (χ3v) is 7.09. The fourth-order valence-electron chi connectivity index (χ4n) is 4.27. The number of benzene rings is 1. The second-order valence-corrected chi connectivity index (χ2v) is 9.96. The van der Waals surface area contributed by atoms with Crippen LogP contribution in [0.25, 0.3) is 21.3 Å². The molecule has 3 aromatic heterocycles. The molecule has 33 heavy (non-hydrogen) atoms. The Morgan fingerprint density at radius 3 is 2.67 bits per heavy atom. The number of piperidine rings is 1. The van der Waals surface area contributed by atoms with Crippen LogP contribution in [0.15, 0.2) is 42.9 Å². The van der Waals surface area contributed by atoms with Crippen molar-refractivity contribution in [1.82, 2.24) is 29.9 Å². The van der Waals surface area contributed by atoms with Gasteiger partial charge in [0.25, 0.3) is 5.91 Å². The van der Waals surface area contributed by atoms with Crippen molar-refractivity contribution >= 4 is 33.8 Å². The van der Waals surface area contributed by atoms with Gasteiger partial charge in [-0.3, -0.25) is 9.48 Å². The number of nitrogens with zero attached hydrogens (tertiary/aromatic N) is 6. The lowest BCUT2D eigenvalue weighted by Gasteiger charge is -2.34. The standard InChI is InChI=1S/C24H27N7OS/c1-15(2)30-8-6-21(7-9-30)31-14-20(13-26-31)23(32)27-22-11-19-10-17(4-5-18(19)12-25-22)24-29-28-16(3)33-24/h4-5,10-15,21H,6-9H2,1-3H3,(H,25,27,32). The van der Waals surface area contributed by atoms with Crippen molar-refractivity contribution in [2.45, 2.75) is 45.7 Å². The zero-order valence-corrected chi connectivity index (χ0v) is 19.8. The van der Waals surface area contributed by atoms with E-state index in [1.54, 1.807) is 23.7 Å². The summed E-state index contributed by atoms with van der Waals surface area (Å²) >= 11 is 1.56. The van der Waals surface area contributed by atoms with Gasteiger partial charge in [-0.25, -0.2) is 4.98 Å². The molecule has 0 bridgehead atoms. The maximum absolute atomic E-state index is 12.8. The molecule has 0 unspecified atom stereocenters.